The van der Waals surface area contributed by atoms with Gasteiger partial charge in [0, 0.05) is 23.2 Å². The molecule has 1 heterocycles. The molecule has 3 heteroatoms. The maximum absolute atomic E-state index is 4.11. The van der Waals surface area contributed by atoms with Crippen molar-refractivity contribution in [3.05, 3.63) is 17.1 Å². The van der Waals surface area contributed by atoms with Gasteiger partial charge < -0.3 is 5.32 Å². The van der Waals surface area contributed by atoms with Crippen molar-refractivity contribution < 1.29 is 0 Å². The van der Waals surface area contributed by atoms with Crippen LogP contribution in [-0.2, 0) is 6.54 Å². The van der Waals surface area contributed by atoms with Crippen LogP contribution in [-0.4, -0.2) is 9.91 Å². The summed E-state index contributed by atoms with van der Waals surface area (Å²) in [7, 11) is 0. The zero-order valence-corrected chi connectivity index (χ0v) is 9.57. The molecule has 2 rings (SSSR count). The van der Waals surface area contributed by atoms with Gasteiger partial charge in [-0.2, -0.15) is 0 Å². The van der Waals surface area contributed by atoms with Gasteiger partial charge >= 0.3 is 0 Å². The van der Waals surface area contributed by atoms with Crippen LogP contribution in [0, 0.1) is 0 Å². The molecule has 1 aliphatic rings. The lowest BCUT2D eigenvalue weighted by atomic mass is 9.83. The van der Waals surface area contributed by atoms with Crippen molar-refractivity contribution in [2.24, 2.45) is 0 Å². The van der Waals surface area contributed by atoms with E-state index in [0.29, 0.717) is 5.54 Å². The molecule has 1 fully saturated rings. The molecule has 0 unspecified atom stereocenters. The monoisotopic (exact) mass is 210 g/mol. The van der Waals surface area contributed by atoms with Gasteiger partial charge in [-0.3, -0.25) is 0 Å². The summed E-state index contributed by atoms with van der Waals surface area (Å²) in [6.45, 7) is 3.34. The smallest absolute Gasteiger partial charge is 0.0410 e. The second-order valence-corrected chi connectivity index (χ2v) is 5.37. The lowest BCUT2D eigenvalue weighted by molar-refractivity contribution is 0.253. The summed E-state index contributed by atoms with van der Waals surface area (Å²) in [5, 5.41) is 3.67. The van der Waals surface area contributed by atoms with E-state index in [0.717, 1.165) is 6.54 Å². The first-order valence-corrected chi connectivity index (χ1v) is 6.20. The minimum Gasteiger partial charge on any atom is -0.307 e. The van der Waals surface area contributed by atoms with Crippen molar-refractivity contribution in [1.82, 2.24) is 9.69 Å². The van der Waals surface area contributed by atoms with E-state index in [-0.39, 0.29) is 0 Å². The van der Waals surface area contributed by atoms with Crippen molar-refractivity contribution in [2.75, 3.05) is 0 Å². The largest absolute Gasteiger partial charge is 0.307 e. The fourth-order valence-electron chi connectivity index (χ4n) is 2.14. The Bertz CT molecular complexity index is 263. The number of hydrogen-bond donors (Lipinski definition) is 1. The molecule has 1 aromatic rings. The molecule has 1 N–H and O–H groups in total. The van der Waals surface area contributed by atoms with Crippen LogP contribution in [0.1, 0.15) is 43.9 Å². The predicted molar refractivity (Wildman–Crippen MR) is 60.4 cm³/mol. The van der Waals surface area contributed by atoms with E-state index in [1.54, 1.807) is 11.5 Å². The molecule has 0 amide bonds. The number of nitrogens with zero attached hydrogens (tertiary/aromatic N) is 1. The summed E-state index contributed by atoms with van der Waals surface area (Å²) in [5.41, 5.74) is 0.377. The highest BCUT2D eigenvalue weighted by Crippen LogP contribution is 2.27. The molecule has 1 saturated carbocycles. The Labute approximate surface area is 89.9 Å². The van der Waals surface area contributed by atoms with Gasteiger partial charge in [0.05, 0.1) is 0 Å². The van der Waals surface area contributed by atoms with Crippen LogP contribution in [0.5, 0.6) is 0 Å². The third-order valence-electron chi connectivity index (χ3n) is 3.14. The van der Waals surface area contributed by atoms with E-state index < -0.39 is 0 Å². The van der Waals surface area contributed by atoms with Crippen LogP contribution in [0.2, 0.25) is 0 Å². The molecule has 0 radical (unpaired) electrons. The van der Waals surface area contributed by atoms with Crippen LogP contribution in [0.3, 0.4) is 0 Å². The molecule has 14 heavy (non-hydrogen) atoms. The van der Waals surface area contributed by atoms with Gasteiger partial charge in [-0.1, -0.05) is 19.3 Å². The van der Waals surface area contributed by atoms with Crippen molar-refractivity contribution in [3.8, 4) is 0 Å². The molecule has 78 valence electrons. The summed E-state index contributed by atoms with van der Waals surface area (Å²) >= 11 is 1.60. The highest BCUT2D eigenvalue weighted by Gasteiger charge is 2.25. The molecular weight excluding hydrogens is 192 g/mol. The Morgan fingerprint density at radius 1 is 1.43 bits per heavy atom. The van der Waals surface area contributed by atoms with Gasteiger partial charge in [0.25, 0.3) is 0 Å². The fourth-order valence-corrected chi connectivity index (χ4v) is 2.66. The van der Waals surface area contributed by atoms with Crippen LogP contribution >= 0.6 is 11.5 Å². The second kappa shape index (κ2) is 4.41. The maximum atomic E-state index is 4.11. The molecule has 2 nitrogen and oxygen atoms in total. The van der Waals surface area contributed by atoms with E-state index in [1.807, 2.05) is 6.20 Å². The minimum absolute atomic E-state index is 0.377. The van der Waals surface area contributed by atoms with Gasteiger partial charge in [-0.05, 0) is 37.4 Å². The molecule has 0 aliphatic heterocycles. The summed E-state index contributed by atoms with van der Waals surface area (Å²) in [5.74, 6) is 0. The lowest BCUT2D eigenvalue weighted by Gasteiger charge is -2.34. The average molecular weight is 210 g/mol. The first-order chi connectivity index (χ1) is 6.79. The topological polar surface area (TPSA) is 24.9 Å². The predicted octanol–water partition coefficient (Wildman–Crippen LogP) is 2.96. The Hall–Kier alpha value is -0.410. The summed E-state index contributed by atoms with van der Waals surface area (Å²) in [6.07, 6.45) is 8.71. The molecule has 0 aromatic carbocycles. The third kappa shape index (κ3) is 2.55. The van der Waals surface area contributed by atoms with Crippen LogP contribution in [0.25, 0.3) is 0 Å². The van der Waals surface area contributed by atoms with E-state index in [4.69, 9.17) is 0 Å². The molecule has 0 saturated heterocycles. The summed E-state index contributed by atoms with van der Waals surface area (Å²) in [4.78, 5) is 1.34. The Kier molecular flexibility index (Phi) is 3.19. The van der Waals surface area contributed by atoms with Crippen molar-refractivity contribution in [1.29, 1.82) is 0 Å². The summed E-state index contributed by atoms with van der Waals surface area (Å²) < 4.78 is 4.11. The second-order valence-electron chi connectivity index (χ2n) is 4.45. The number of hydrogen-bond acceptors (Lipinski definition) is 3. The Balaban J connectivity index is 1.84. The number of rotatable bonds is 3. The zero-order valence-electron chi connectivity index (χ0n) is 8.75. The lowest BCUT2D eigenvalue weighted by Crippen LogP contribution is -2.43. The Morgan fingerprint density at radius 2 is 2.21 bits per heavy atom. The number of nitrogens with one attached hydrogen (secondary N) is 1. The van der Waals surface area contributed by atoms with Crippen LogP contribution < -0.4 is 5.32 Å². The highest BCUT2D eigenvalue weighted by molar-refractivity contribution is 7.05. The first-order valence-electron chi connectivity index (χ1n) is 5.43. The molecule has 0 spiro atoms. The van der Waals surface area contributed by atoms with Gasteiger partial charge in [-0.25, -0.2) is 4.37 Å². The molecule has 0 bridgehead atoms. The van der Waals surface area contributed by atoms with Crippen LogP contribution in [0.15, 0.2) is 12.3 Å². The van der Waals surface area contributed by atoms with Gasteiger partial charge in [0.2, 0.25) is 0 Å². The van der Waals surface area contributed by atoms with E-state index in [1.165, 1.54) is 37.0 Å². The summed E-state index contributed by atoms with van der Waals surface area (Å²) in [6, 6.07) is 2.10. The Morgan fingerprint density at radius 3 is 2.86 bits per heavy atom. The molecule has 1 aromatic heterocycles. The van der Waals surface area contributed by atoms with Gasteiger partial charge in [0.1, 0.15) is 0 Å². The van der Waals surface area contributed by atoms with Gasteiger partial charge in [-0.15, -0.1) is 0 Å². The third-order valence-corrected chi connectivity index (χ3v) is 3.88. The van der Waals surface area contributed by atoms with Gasteiger partial charge in [0.15, 0.2) is 0 Å². The van der Waals surface area contributed by atoms with Crippen LogP contribution in [0.4, 0.5) is 0 Å². The highest BCUT2D eigenvalue weighted by atomic mass is 32.1. The normalized spacial score (nSPS) is 20.9. The standard InChI is InChI=1S/C11H18N2S/c1-11(6-3-2-4-7-11)12-9-10-5-8-13-14-10/h5,8,12H,2-4,6-7,9H2,1H3. The van der Waals surface area contributed by atoms with Crippen molar-refractivity contribution in [2.45, 2.75) is 51.1 Å². The maximum Gasteiger partial charge on any atom is 0.0410 e. The quantitative estimate of drug-likeness (QED) is 0.829. The van der Waals surface area contributed by atoms with E-state index >= 15 is 0 Å². The first kappa shape index (κ1) is 10.1. The van der Waals surface area contributed by atoms with E-state index in [9.17, 15) is 0 Å². The SMILES string of the molecule is CC1(NCc2ccns2)CCCCC1. The zero-order chi connectivity index (χ0) is 9.86. The molecular formula is C11H18N2S. The fraction of sp³-hybridized carbons (Fsp3) is 0.727. The number of aromatic nitrogens is 1. The van der Waals surface area contributed by atoms with E-state index in [2.05, 4.69) is 22.7 Å². The molecule has 1 aliphatic carbocycles. The van der Waals surface area contributed by atoms with Crippen molar-refractivity contribution in [3.63, 3.8) is 0 Å². The van der Waals surface area contributed by atoms with Crippen molar-refractivity contribution >= 4 is 11.5 Å². The average Bonchev–Trinajstić information content (AvgIpc) is 2.69. The molecule has 0 atom stereocenters. The minimum atomic E-state index is 0.377.